The van der Waals surface area contributed by atoms with Crippen LogP contribution in [-0.4, -0.2) is 72.2 Å². The minimum absolute atomic E-state index is 0.00467. The first-order chi connectivity index (χ1) is 17.7. The number of anilines is 1. The van der Waals surface area contributed by atoms with E-state index in [1.54, 1.807) is 18.9 Å². The molecule has 0 fully saturated rings. The van der Waals surface area contributed by atoms with Gasteiger partial charge in [0.2, 0.25) is 17.6 Å². The fourth-order valence-electron chi connectivity index (χ4n) is 4.43. The Morgan fingerprint density at radius 1 is 1.30 bits per heavy atom. The van der Waals surface area contributed by atoms with Gasteiger partial charge in [0.25, 0.3) is 6.43 Å². The molecule has 0 unspecified atom stereocenters. The first kappa shape index (κ1) is 26.3. The molecule has 3 aromatic heterocycles. The fourth-order valence-corrected chi connectivity index (χ4v) is 4.43. The molecular weight excluding hydrogens is 484 g/mol. The predicted octanol–water partition coefficient (Wildman–Crippen LogP) is 3.09. The Morgan fingerprint density at radius 3 is 2.73 bits per heavy atom. The van der Waals surface area contributed by atoms with Gasteiger partial charge in [0.1, 0.15) is 5.82 Å². The first-order valence-corrected chi connectivity index (χ1v) is 12.2. The lowest BCUT2D eigenvalue weighted by molar-refractivity contribution is -0.132. The molecular formula is C24H31F2N9O2. The molecule has 4 heterocycles. The van der Waals surface area contributed by atoms with E-state index in [2.05, 4.69) is 30.7 Å². The average molecular weight is 516 g/mol. The van der Waals surface area contributed by atoms with E-state index in [9.17, 15) is 13.6 Å². The summed E-state index contributed by atoms with van der Waals surface area (Å²) in [5, 5.41) is 15.8. The number of ether oxygens (including phenoxy) is 1. The van der Waals surface area contributed by atoms with E-state index in [1.807, 2.05) is 19.9 Å². The van der Waals surface area contributed by atoms with Crippen molar-refractivity contribution < 1.29 is 18.3 Å². The number of fused-ring (bicyclic) bond motifs is 1. The Kier molecular flexibility index (Phi) is 7.89. The number of aryl methyl sites for hydroxylation is 3. The normalized spacial score (nSPS) is 15.7. The summed E-state index contributed by atoms with van der Waals surface area (Å²) in [6.07, 6.45) is -0.541. The van der Waals surface area contributed by atoms with Crippen LogP contribution in [0.1, 0.15) is 61.8 Å². The summed E-state index contributed by atoms with van der Waals surface area (Å²) < 4.78 is 31.6. The molecule has 0 bridgehead atoms. The van der Waals surface area contributed by atoms with Crippen molar-refractivity contribution in [2.45, 2.75) is 58.4 Å². The number of methoxy groups -OCH3 is 1. The molecule has 0 spiro atoms. The number of carbonyl (C=O) groups is 1. The third-order valence-corrected chi connectivity index (χ3v) is 6.35. The number of hydrogen-bond donors (Lipinski definition) is 1. The molecule has 1 aliphatic rings. The van der Waals surface area contributed by atoms with E-state index >= 15 is 0 Å². The third kappa shape index (κ3) is 5.81. The van der Waals surface area contributed by atoms with Gasteiger partial charge in [0.15, 0.2) is 5.82 Å². The van der Waals surface area contributed by atoms with Crippen molar-refractivity contribution in [3.05, 3.63) is 34.9 Å². The van der Waals surface area contributed by atoms with Crippen LogP contribution in [0.4, 0.5) is 14.6 Å². The lowest BCUT2D eigenvalue weighted by atomic mass is 9.97. The second-order valence-corrected chi connectivity index (χ2v) is 9.11. The van der Waals surface area contributed by atoms with Crippen LogP contribution in [0.15, 0.2) is 12.1 Å². The minimum atomic E-state index is -2.87. The van der Waals surface area contributed by atoms with Crippen LogP contribution in [-0.2, 0) is 18.3 Å². The number of alkyl halides is 2. The molecule has 198 valence electrons. The highest BCUT2D eigenvalue weighted by atomic mass is 19.3. The Labute approximate surface area is 213 Å². The third-order valence-electron chi connectivity index (χ3n) is 6.35. The quantitative estimate of drug-likeness (QED) is 0.458. The van der Waals surface area contributed by atoms with Gasteiger partial charge >= 0.3 is 0 Å². The maximum absolute atomic E-state index is 13.5. The standard InChI is InChI=1S/C24H31F2N9O2/c1-6-9-35(24(36)13(2)18-11-19(37-5)30-23(29-18)20(25)26)12-16-8-7-15-10-17(14(3)27-21(15)28-16)22-31-33-34(4)32-22/h10-11,13,16,20H,6-9,12H2,1-5H3,(H,27,28)/t13-,16-/m1/s1. The number of carbonyl (C=O) groups excluding carboxylic acids is 1. The molecule has 2 atom stereocenters. The van der Waals surface area contributed by atoms with Crippen molar-refractivity contribution in [1.82, 2.24) is 40.1 Å². The minimum Gasteiger partial charge on any atom is -0.481 e. The summed E-state index contributed by atoms with van der Waals surface area (Å²) in [6.45, 7) is 6.54. The molecule has 0 saturated heterocycles. The molecule has 13 heteroatoms. The van der Waals surface area contributed by atoms with Crippen LogP contribution >= 0.6 is 0 Å². The van der Waals surface area contributed by atoms with Crippen molar-refractivity contribution in [1.29, 1.82) is 0 Å². The summed E-state index contributed by atoms with van der Waals surface area (Å²) in [5.41, 5.74) is 2.88. The van der Waals surface area contributed by atoms with Crippen molar-refractivity contribution in [3.63, 3.8) is 0 Å². The topological polar surface area (TPSA) is 124 Å². The van der Waals surface area contributed by atoms with E-state index in [-0.39, 0.29) is 23.5 Å². The molecule has 1 amide bonds. The largest absolute Gasteiger partial charge is 0.481 e. The van der Waals surface area contributed by atoms with Gasteiger partial charge in [0, 0.05) is 30.8 Å². The van der Waals surface area contributed by atoms with Crippen LogP contribution in [0.2, 0.25) is 0 Å². The number of amides is 1. The number of rotatable bonds is 9. The van der Waals surface area contributed by atoms with Crippen molar-refractivity contribution in [3.8, 4) is 17.3 Å². The number of pyridine rings is 1. The maximum atomic E-state index is 13.5. The summed E-state index contributed by atoms with van der Waals surface area (Å²) in [7, 11) is 3.05. The Balaban J connectivity index is 1.50. The highest BCUT2D eigenvalue weighted by molar-refractivity contribution is 5.83. The number of hydrogen-bond acceptors (Lipinski definition) is 9. The molecule has 1 N–H and O–H groups in total. The number of halogens is 2. The van der Waals surface area contributed by atoms with Crippen molar-refractivity contribution in [2.75, 3.05) is 25.5 Å². The monoisotopic (exact) mass is 515 g/mol. The highest BCUT2D eigenvalue weighted by Gasteiger charge is 2.29. The lowest BCUT2D eigenvalue weighted by Crippen LogP contribution is -2.44. The number of tetrazole rings is 1. The number of aromatic nitrogens is 7. The van der Waals surface area contributed by atoms with E-state index < -0.39 is 18.2 Å². The predicted molar refractivity (Wildman–Crippen MR) is 131 cm³/mol. The second kappa shape index (κ2) is 11.1. The van der Waals surface area contributed by atoms with Crippen LogP contribution in [0, 0.1) is 6.92 Å². The van der Waals surface area contributed by atoms with Gasteiger partial charge < -0.3 is 15.0 Å². The molecule has 0 saturated carbocycles. The maximum Gasteiger partial charge on any atom is 0.297 e. The molecule has 0 radical (unpaired) electrons. The summed E-state index contributed by atoms with van der Waals surface area (Å²) >= 11 is 0. The zero-order chi connectivity index (χ0) is 26.7. The first-order valence-electron chi connectivity index (χ1n) is 12.2. The summed E-state index contributed by atoms with van der Waals surface area (Å²) in [6, 6.07) is 3.46. The van der Waals surface area contributed by atoms with Crippen LogP contribution in [0.25, 0.3) is 11.4 Å². The van der Waals surface area contributed by atoms with Crippen LogP contribution in [0.3, 0.4) is 0 Å². The van der Waals surface area contributed by atoms with E-state index in [1.165, 1.54) is 18.0 Å². The molecule has 0 aromatic carbocycles. The van der Waals surface area contributed by atoms with E-state index in [0.717, 1.165) is 41.9 Å². The molecule has 37 heavy (non-hydrogen) atoms. The van der Waals surface area contributed by atoms with Gasteiger partial charge in [-0.05, 0) is 50.0 Å². The fraction of sp³-hybridized carbons (Fsp3) is 0.542. The van der Waals surface area contributed by atoms with Gasteiger partial charge in [-0.25, -0.2) is 18.7 Å². The average Bonchev–Trinajstić information content (AvgIpc) is 3.32. The Bertz CT molecular complexity index is 1270. The van der Waals surface area contributed by atoms with Gasteiger partial charge in [-0.1, -0.05) is 6.92 Å². The Hall–Kier alpha value is -3.77. The molecule has 11 nitrogen and oxygen atoms in total. The molecule has 4 rings (SSSR count). The van der Waals surface area contributed by atoms with Gasteiger partial charge in [-0.15, -0.1) is 10.2 Å². The number of nitrogens with zero attached hydrogens (tertiary/aromatic N) is 8. The van der Waals surface area contributed by atoms with Crippen molar-refractivity contribution in [2.24, 2.45) is 7.05 Å². The molecule has 3 aromatic rings. The summed E-state index contributed by atoms with van der Waals surface area (Å²) in [5.74, 6) is -0.269. The lowest BCUT2D eigenvalue weighted by Gasteiger charge is -2.33. The highest BCUT2D eigenvalue weighted by Crippen LogP contribution is 2.30. The smallest absolute Gasteiger partial charge is 0.297 e. The molecule has 1 aliphatic heterocycles. The van der Waals surface area contributed by atoms with Gasteiger partial charge in [-0.3, -0.25) is 4.79 Å². The van der Waals surface area contributed by atoms with Gasteiger partial charge in [-0.2, -0.15) is 9.78 Å². The van der Waals surface area contributed by atoms with Gasteiger partial charge in [0.05, 0.1) is 31.5 Å². The zero-order valence-corrected chi connectivity index (χ0v) is 21.6. The number of nitrogens with one attached hydrogen (secondary N) is 1. The van der Waals surface area contributed by atoms with E-state index in [4.69, 9.17) is 9.72 Å². The SMILES string of the molecule is CCCN(C[C@H]1CCc2cc(-c3nnn(C)n3)c(C)nc2N1)C(=O)[C@H](C)c1cc(OC)nc(C(F)F)n1. The summed E-state index contributed by atoms with van der Waals surface area (Å²) in [4.78, 5) is 29.0. The second-order valence-electron chi connectivity index (χ2n) is 9.11. The van der Waals surface area contributed by atoms with Crippen molar-refractivity contribution >= 4 is 11.7 Å². The van der Waals surface area contributed by atoms with Crippen LogP contribution < -0.4 is 10.1 Å². The van der Waals surface area contributed by atoms with E-state index in [0.29, 0.717) is 18.9 Å². The Morgan fingerprint density at radius 2 is 2.08 bits per heavy atom. The zero-order valence-electron chi connectivity index (χ0n) is 21.6. The van der Waals surface area contributed by atoms with Crippen LogP contribution in [0.5, 0.6) is 5.88 Å². The molecule has 0 aliphatic carbocycles.